The summed E-state index contributed by atoms with van der Waals surface area (Å²) < 4.78 is 34.9. The van der Waals surface area contributed by atoms with Gasteiger partial charge in [-0.05, 0) is 36.1 Å². The van der Waals surface area contributed by atoms with Gasteiger partial charge in [-0.15, -0.1) is 0 Å². The van der Waals surface area contributed by atoms with Gasteiger partial charge in [0.25, 0.3) is 0 Å². The summed E-state index contributed by atoms with van der Waals surface area (Å²) in [6.07, 6.45) is 0.514. The molecule has 10 heteroatoms. The zero-order chi connectivity index (χ0) is 26.4. The number of rotatable bonds is 8. The number of methoxy groups -OCH3 is 1. The highest BCUT2D eigenvalue weighted by atomic mass is 28.3. The lowest BCUT2D eigenvalue weighted by molar-refractivity contribution is -0.142. The number of aliphatic carboxylic acids is 1. The van der Waals surface area contributed by atoms with Gasteiger partial charge in [0.2, 0.25) is 11.8 Å². The van der Waals surface area contributed by atoms with Crippen LogP contribution in [0.5, 0.6) is 5.88 Å². The SMILES string of the molecule is COc1ccc2c(n1)CCN(C(=O)[C@H]1C[C@@H]1CC(=O)O)C2C(=O)Cc1cc(F)c([Si](C)(C)C)c(F)c1. The van der Waals surface area contributed by atoms with E-state index in [0.29, 0.717) is 30.0 Å². The van der Waals surface area contributed by atoms with Gasteiger partial charge >= 0.3 is 5.97 Å². The summed E-state index contributed by atoms with van der Waals surface area (Å²) in [5, 5.41) is 9.16. The number of halogens is 2. The first-order chi connectivity index (χ1) is 16.9. The van der Waals surface area contributed by atoms with Crippen molar-refractivity contribution in [2.24, 2.45) is 11.8 Å². The Morgan fingerprint density at radius 2 is 1.83 bits per heavy atom. The largest absolute Gasteiger partial charge is 0.481 e. The lowest BCUT2D eigenvalue weighted by Crippen LogP contribution is -2.45. The Kier molecular flexibility index (Phi) is 7.00. The number of Topliss-reactive ketones (excluding diaryl/α,β-unsaturated/α-hetero) is 1. The second-order valence-electron chi connectivity index (χ2n) is 10.6. The van der Waals surface area contributed by atoms with E-state index in [4.69, 9.17) is 9.84 Å². The summed E-state index contributed by atoms with van der Waals surface area (Å²) >= 11 is 0. The fourth-order valence-corrected chi connectivity index (χ4v) is 6.70. The number of benzene rings is 1. The lowest BCUT2D eigenvalue weighted by Gasteiger charge is -2.36. The van der Waals surface area contributed by atoms with Crippen LogP contribution in [-0.4, -0.2) is 54.4 Å². The number of amides is 1. The molecule has 0 spiro atoms. The van der Waals surface area contributed by atoms with E-state index in [-0.39, 0.29) is 47.7 Å². The number of carboxylic acids is 1. The molecule has 1 saturated carbocycles. The normalized spacial score (nSPS) is 21.1. The number of pyridine rings is 1. The average molecular weight is 517 g/mol. The molecule has 0 bridgehead atoms. The van der Waals surface area contributed by atoms with Crippen LogP contribution < -0.4 is 9.92 Å². The van der Waals surface area contributed by atoms with Crippen molar-refractivity contribution >= 4 is 30.9 Å². The molecule has 0 radical (unpaired) electrons. The van der Waals surface area contributed by atoms with Gasteiger partial charge in [0.15, 0.2) is 5.78 Å². The van der Waals surface area contributed by atoms with Gasteiger partial charge in [0, 0.05) is 48.5 Å². The van der Waals surface area contributed by atoms with Crippen molar-refractivity contribution in [3.05, 3.63) is 52.7 Å². The predicted molar refractivity (Wildman–Crippen MR) is 131 cm³/mol. The summed E-state index contributed by atoms with van der Waals surface area (Å²) in [5.74, 6) is -3.25. The second kappa shape index (κ2) is 9.72. The van der Waals surface area contributed by atoms with Crippen molar-refractivity contribution < 1.29 is 33.0 Å². The first kappa shape index (κ1) is 25.9. The van der Waals surface area contributed by atoms with Crippen molar-refractivity contribution in [3.8, 4) is 5.88 Å². The van der Waals surface area contributed by atoms with Crippen LogP contribution in [0.3, 0.4) is 0 Å². The third kappa shape index (κ3) is 5.18. The number of hydrogen-bond donors (Lipinski definition) is 1. The maximum atomic E-state index is 14.8. The van der Waals surface area contributed by atoms with Crippen LogP contribution in [-0.2, 0) is 27.2 Å². The smallest absolute Gasteiger partial charge is 0.303 e. The van der Waals surface area contributed by atoms with Gasteiger partial charge in [-0.1, -0.05) is 19.6 Å². The van der Waals surface area contributed by atoms with Gasteiger partial charge in [-0.3, -0.25) is 14.4 Å². The quantitative estimate of drug-likeness (QED) is 0.541. The third-order valence-corrected chi connectivity index (χ3v) is 8.86. The molecule has 1 aromatic heterocycles. The maximum Gasteiger partial charge on any atom is 0.303 e. The van der Waals surface area contributed by atoms with Crippen LogP contribution in [0.25, 0.3) is 0 Å². The fourth-order valence-electron chi connectivity index (χ4n) is 5.12. The van der Waals surface area contributed by atoms with E-state index in [1.807, 2.05) is 19.6 Å². The predicted octanol–water partition coefficient (Wildman–Crippen LogP) is 3.26. The van der Waals surface area contributed by atoms with Crippen molar-refractivity contribution in [1.29, 1.82) is 0 Å². The van der Waals surface area contributed by atoms with E-state index in [0.717, 1.165) is 0 Å². The summed E-state index contributed by atoms with van der Waals surface area (Å²) in [4.78, 5) is 44.0. The van der Waals surface area contributed by atoms with E-state index in [1.54, 1.807) is 12.1 Å². The molecule has 0 saturated heterocycles. The third-order valence-electron chi connectivity index (χ3n) is 6.88. The van der Waals surface area contributed by atoms with Crippen molar-refractivity contribution in [1.82, 2.24) is 9.88 Å². The number of carboxylic acid groups (broad SMARTS) is 1. The minimum atomic E-state index is -2.27. The molecule has 1 aromatic carbocycles. The molecule has 1 fully saturated rings. The Hall–Kier alpha value is -3.14. The number of ether oxygens (including phenoxy) is 1. The molecule has 4 rings (SSSR count). The summed E-state index contributed by atoms with van der Waals surface area (Å²) in [6, 6.07) is 4.74. The lowest BCUT2D eigenvalue weighted by atomic mass is 9.90. The second-order valence-corrected chi connectivity index (χ2v) is 15.6. The van der Waals surface area contributed by atoms with Gasteiger partial charge in [0.05, 0.1) is 20.9 Å². The first-order valence-electron chi connectivity index (χ1n) is 12.0. The van der Waals surface area contributed by atoms with Crippen LogP contribution in [0, 0.1) is 23.5 Å². The summed E-state index contributed by atoms with van der Waals surface area (Å²) in [5.41, 5.74) is 1.38. The molecule has 36 heavy (non-hydrogen) atoms. The number of carbonyl (C=O) groups is 3. The number of carbonyl (C=O) groups excluding carboxylic acids is 2. The Morgan fingerprint density at radius 3 is 2.42 bits per heavy atom. The topological polar surface area (TPSA) is 96.8 Å². The fraction of sp³-hybridized carbons (Fsp3) is 0.462. The van der Waals surface area contributed by atoms with E-state index in [9.17, 15) is 23.2 Å². The average Bonchev–Trinajstić information content (AvgIpc) is 3.54. The van der Waals surface area contributed by atoms with Crippen LogP contribution in [0.2, 0.25) is 19.6 Å². The monoisotopic (exact) mass is 516 g/mol. The molecule has 1 unspecified atom stereocenters. The molecule has 1 amide bonds. The molecule has 7 nitrogen and oxygen atoms in total. The Bertz CT molecular complexity index is 1210. The Balaban J connectivity index is 1.65. The van der Waals surface area contributed by atoms with Crippen molar-refractivity contribution in [2.75, 3.05) is 13.7 Å². The number of ketones is 1. The minimum absolute atomic E-state index is 0.0908. The molecule has 192 valence electrons. The standard InChI is InChI=1S/C26H30F2N2O5Si/c1-35-22-6-5-16-20(29-22)7-8-30(26(34)17-12-15(17)13-23(32)33)24(16)21(31)11-14-9-18(27)25(19(28)10-14)36(2,3)4/h5-6,9-10,15,17,24H,7-8,11-13H2,1-4H3,(H,32,33)/t15-,17+,24?/m1/s1. The molecular weight excluding hydrogens is 486 g/mol. The molecule has 2 aromatic rings. The van der Waals surface area contributed by atoms with Gasteiger partial charge in [0.1, 0.15) is 17.7 Å². The maximum absolute atomic E-state index is 14.8. The number of fused-ring (bicyclic) bond motifs is 1. The van der Waals surface area contributed by atoms with Crippen LogP contribution in [0.15, 0.2) is 24.3 Å². The minimum Gasteiger partial charge on any atom is -0.481 e. The Labute approximate surface area is 209 Å². The highest BCUT2D eigenvalue weighted by Gasteiger charge is 2.49. The molecular formula is C26H30F2N2O5Si. The van der Waals surface area contributed by atoms with Gasteiger partial charge in [-0.25, -0.2) is 13.8 Å². The molecule has 3 atom stereocenters. The molecule has 2 aliphatic rings. The van der Waals surface area contributed by atoms with E-state index >= 15 is 0 Å². The highest BCUT2D eigenvalue weighted by Crippen LogP contribution is 2.45. The zero-order valence-corrected chi connectivity index (χ0v) is 21.8. The zero-order valence-electron chi connectivity index (χ0n) is 20.8. The molecule has 1 aliphatic heterocycles. The van der Waals surface area contributed by atoms with Crippen LogP contribution >= 0.6 is 0 Å². The van der Waals surface area contributed by atoms with E-state index in [2.05, 4.69) is 4.98 Å². The van der Waals surface area contributed by atoms with Crippen LogP contribution in [0.4, 0.5) is 8.78 Å². The number of aromatic nitrogens is 1. The summed E-state index contributed by atoms with van der Waals surface area (Å²) in [6.45, 7) is 5.77. The van der Waals surface area contributed by atoms with E-state index in [1.165, 1.54) is 24.1 Å². The number of hydrogen-bond acceptors (Lipinski definition) is 5. The van der Waals surface area contributed by atoms with E-state index < -0.39 is 37.6 Å². The van der Waals surface area contributed by atoms with Gasteiger partial charge in [-0.2, -0.15) is 0 Å². The van der Waals surface area contributed by atoms with Gasteiger partial charge < -0.3 is 14.7 Å². The number of nitrogens with zero attached hydrogens (tertiary/aromatic N) is 2. The van der Waals surface area contributed by atoms with Crippen LogP contribution in [0.1, 0.15) is 35.7 Å². The molecule has 2 heterocycles. The summed E-state index contributed by atoms with van der Waals surface area (Å²) in [7, 11) is -0.789. The van der Waals surface area contributed by atoms with Crippen molar-refractivity contribution in [2.45, 2.75) is 51.4 Å². The molecule has 1 aliphatic carbocycles. The van der Waals surface area contributed by atoms with Crippen molar-refractivity contribution in [3.63, 3.8) is 0 Å². The Morgan fingerprint density at radius 1 is 1.17 bits per heavy atom. The highest BCUT2D eigenvalue weighted by molar-refractivity contribution is 6.88. The molecule has 1 N–H and O–H groups in total. The first-order valence-corrected chi connectivity index (χ1v) is 15.5.